The highest BCUT2D eigenvalue weighted by Gasteiger charge is 2.19. The maximum Gasteiger partial charge on any atom is 0.223 e. The van der Waals surface area contributed by atoms with Crippen molar-refractivity contribution in [2.45, 2.75) is 32.1 Å². The van der Waals surface area contributed by atoms with Crippen LogP contribution in [0, 0.1) is 5.92 Å². The molecule has 1 heterocycles. The summed E-state index contributed by atoms with van der Waals surface area (Å²) in [5.74, 6) is 1.77. The summed E-state index contributed by atoms with van der Waals surface area (Å²) in [7, 11) is 0. The van der Waals surface area contributed by atoms with Crippen molar-refractivity contribution < 1.29 is 4.79 Å². The van der Waals surface area contributed by atoms with Crippen LogP contribution < -0.4 is 10.6 Å². The van der Waals surface area contributed by atoms with E-state index in [0.29, 0.717) is 0 Å². The van der Waals surface area contributed by atoms with E-state index in [2.05, 4.69) is 16.9 Å². The van der Waals surface area contributed by atoms with Gasteiger partial charge in [-0.3, -0.25) is 4.79 Å². The molecule has 0 unspecified atom stereocenters. The van der Waals surface area contributed by atoms with Gasteiger partial charge in [-0.15, -0.1) is 0 Å². The molecule has 0 aromatic carbocycles. The van der Waals surface area contributed by atoms with Crippen molar-refractivity contribution >= 4 is 17.7 Å². The number of hydrogen-bond donors (Lipinski definition) is 2. The van der Waals surface area contributed by atoms with E-state index < -0.39 is 0 Å². The van der Waals surface area contributed by atoms with Crippen LogP contribution in [0.15, 0.2) is 0 Å². The lowest BCUT2D eigenvalue weighted by molar-refractivity contribution is -0.125. The molecule has 0 bridgehead atoms. The number of unbranched alkanes of at least 4 members (excludes halogenated alkanes) is 2. The minimum Gasteiger partial charge on any atom is -0.356 e. The van der Waals surface area contributed by atoms with Crippen molar-refractivity contribution in [2.75, 3.05) is 31.6 Å². The molecule has 0 radical (unpaired) electrons. The van der Waals surface area contributed by atoms with Crippen LogP contribution in [-0.4, -0.2) is 37.6 Å². The van der Waals surface area contributed by atoms with Gasteiger partial charge in [-0.2, -0.15) is 11.8 Å². The number of amides is 1. The highest BCUT2D eigenvalue weighted by Crippen LogP contribution is 2.11. The molecular formula is C12H24N2OS. The van der Waals surface area contributed by atoms with E-state index >= 15 is 0 Å². The van der Waals surface area contributed by atoms with Crippen molar-refractivity contribution in [3.05, 3.63) is 0 Å². The maximum atomic E-state index is 11.7. The molecule has 2 N–H and O–H groups in total. The second-order valence-corrected chi connectivity index (χ2v) is 5.35. The number of piperidine rings is 1. The lowest BCUT2D eigenvalue weighted by atomic mass is 9.97. The lowest BCUT2D eigenvalue weighted by Crippen LogP contribution is -2.38. The highest BCUT2D eigenvalue weighted by atomic mass is 32.2. The van der Waals surface area contributed by atoms with Gasteiger partial charge in [0.05, 0.1) is 0 Å². The molecule has 3 nitrogen and oxygen atoms in total. The Bertz CT molecular complexity index is 193. The quantitative estimate of drug-likeness (QED) is 0.669. The second-order valence-electron chi connectivity index (χ2n) is 4.37. The molecule has 1 fully saturated rings. The first-order valence-corrected chi connectivity index (χ1v) is 7.71. The Morgan fingerprint density at radius 2 is 2.06 bits per heavy atom. The normalized spacial score (nSPS) is 17.3. The van der Waals surface area contributed by atoms with Crippen LogP contribution >= 0.6 is 11.8 Å². The molecule has 1 saturated heterocycles. The van der Waals surface area contributed by atoms with Gasteiger partial charge in [-0.05, 0) is 50.8 Å². The molecule has 0 atom stereocenters. The Morgan fingerprint density at radius 3 is 2.75 bits per heavy atom. The summed E-state index contributed by atoms with van der Waals surface area (Å²) in [5.41, 5.74) is 0. The predicted molar refractivity (Wildman–Crippen MR) is 70.8 cm³/mol. The summed E-state index contributed by atoms with van der Waals surface area (Å²) in [4.78, 5) is 11.7. The Kier molecular flexibility index (Phi) is 7.68. The standard InChI is InChI=1S/C12H24N2OS/c1-16-10-4-2-3-7-14-12(15)11-5-8-13-9-6-11/h11,13H,2-10H2,1H3,(H,14,15). The van der Waals surface area contributed by atoms with E-state index in [4.69, 9.17) is 0 Å². The summed E-state index contributed by atoms with van der Waals surface area (Å²) in [6, 6.07) is 0. The van der Waals surface area contributed by atoms with E-state index in [9.17, 15) is 4.79 Å². The van der Waals surface area contributed by atoms with Gasteiger partial charge in [0.15, 0.2) is 0 Å². The zero-order valence-electron chi connectivity index (χ0n) is 10.3. The third-order valence-corrected chi connectivity index (χ3v) is 3.73. The van der Waals surface area contributed by atoms with Crippen molar-refractivity contribution in [1.82, 2.24) is 10.6 Å². The molecule has 0 aromatic heterocycles. The predicted octanol–water partition coefficient (Wildman–Crippen LogP) is 1.64. The molecule has 1 rings (SSSR count). The molecule has 1 amide bonds. The van der Waals surface area contributed by atoms with Crippen LogP contribution in [0.2, 0.25) is 0 Å². The molecular weight excluding hydrogens is 220 g/mol. The van der Waals surface area contributed by atoms with Gasteiger partial charge in [0.1, 0.15) is 0 Å². The average Bonchev–Trinajstić information content (AvgIpc) is 2.34. The van der Waals surface area contributed by atoms with Gasteiger partial charge in [0.2, 0.25) is 5.91 Å². The van der Waals surface area contributed by atoms with Crippen LogP contribution in [0.4, 0.5) is 0 Å². The van der Waals surface area contributed by atoms with Crippen LogP contribution in [0.25, 0.3) is 0 Å². The lowest BCUT2D eigenvalue weighted by Gasteiger charge is -2.21. The Morgan fingerprint density at radius 1 is 1.31 bits per heavy atom. The number of carbonyl (C=O) groups is 1. The number of hydrogen-bond acceptors (Lipinski definition) is 3. The van der Waals surface area contributed by atoms with E-state index in [1.54, 1.807) is 0 Å². The zero-order chi connectivity index (χ0) is 11.6. The van der Waals surface area contributed by atoms with Crippen molar-refractivity contribution in [1.29, 1.82) is 0 Å². The number of thioether (sulfide) groups is 1. The monoisotopic (exact) mass is 244 g/mol. The molecule has 0 aliphatic carbocycles. The molecule has 1 aliphatic heterocycles. The van der Waals surface area contributed by atoms with Gasteiger partial charge in [-0.1, -0.05) is 6.42 Å². The Hall–Kier alpha value is -0.220. The van der Waals surface area contributed by atoms with Crippen LogP contribution in [-0.2, 0) is 4.79 Å². The smallest absolute Gasteiger partial charge is 0.223 e. The maximum absolute atomic E-state index is 11.7. The van der Waals surface area contributed by atoms with E-state index in [1.807, 2.05) is 11.8 Å². The molecule has 94 valence electrons. The van der Waals surface area contributed by atoms with Crippen molar-refractivity contribution in [3.8, 4) is 0 Å². The molecule has 1 aliphatic rings. The summed E-state index contributed by atoms with van der Waals surface area (Å²) < 4.78 is 0. The van der Waals surface area contributed by atoms with E-state index in [-0.39, 0.29) is 11.8 Å². The fourth-order valence-corrected chi connectivity index (χ4v) is 2.48. The number of nitrogens with one attached hydrogen (secondary N) is 2. The van der Waals surface area contributed by atoms with Crippen LogP contribution in [0.5, 0.6) is 0 Å². The third-order valence-electron chi connectivity index (χ3n) is 3.03. The summed E-state index contributed by atoms with van der Waals surface area (Å²) in [6.07, 6.45) is 7.75. The van der Waals surface area contributed by atoms with Gasteiger partial charge in [0.25, 0.3) is 0 Å². The summed E-state index contributed by atoms with van der Waals surface area (Å²) in [6.45, 7) is 2.84. The number of carbonyl (C=O) groups excluding carboxylic acids is 1. The fourth-order valence-electron chi connectivity index (χ4n) is 1.99. The second kappa shape index (κ2) is 8.88. The van der Waals surface area contributed by atoms with Crippen molar-refractivity contribution in [3.63, 3.8) is 0 Å². The Labute approximate surface area is 103 Å². The van der Waals surface area contributed by atoms with Gasteiger partial charge in [0, 0.05) is 12.5 Å². The Balaban J connectivity index is 1.97. The van der Waals surface area contributed by atoms with E-state index in [0.717, 1.165) is 38.9 Å². The minimum atomic E-state index is 0.257. The van der Waals surface area contributed by atoms with Crippen LogP contribution in [0.1, 0.15) is 32.1 Å². The number of rotatable bonds is 7. The zero-order valence-corrected chi connectivity index (χ0v) is 11.1. The van der Waals surface area contributed by atoms with Gasteiger partial charge >= 0.3 is 0 Å². The molecule has 0 saturated carbocycles. The third kappa shape index (κ3) is 5.75. The average molecular weight is 244 g/mol. The highest BCUT2D eigenvalue weighted by molar-refractivity contribution is 7.98. The molecule has 16 heavy (non-hydrogen) atoms. The SMILES string of the molecule is CSCCCCCNC(=O)C1CCNCC1. The van der Waals surface area contributed by atoms with Crippen LogP contribution in [0.3, 0.4) is 0 Å². The van der Waals surface area contributed by atoms with Gasteiger partial charge in [-0.25, -0.2) is 0 Å². The minimum absolute atomic E-state index is 0.257. The largest absolute Gasteiger partial charge is 0.356 e. The molecule has 0 aromatic rings. The fraction of sp³-hybridized carbons (Fsp3) is 0.917. The summed E-state index contributed by atoms with van der Waals surface area (Å²) in [5, 5.41) is 6.33. The first-order valence-electron chi connectivity index (χ1n) is 6.32. The van der Waals surface area contributed by atoms with E-state index in [1.165, 1.54) is 18.6 Å². The summed E-state index contributed by atoms with van der Waals surface area (Å²) >= 11 is 1.89. The van der Waals surface area contributed by atoms with Crippen molar-refractivity contribution in [2.24, 2.45) is 5.92 Å². The topological polar surface area (TPSA) is 41.1 Å². The first-order chi connectivity index (χ1) is 7.84. The molecule has 0 spiro atoms. The first kappa shape index (κ1) is 13.8. The van der Waals surface area contributed by atoms with Gasteiger partial charge < -0.3 is 10.6 Å². The molecule has 4 heteroatoms.